The van der Waals surface area contributed by atoms with E-state index >= 15 is 0 Å². The molecule has 152 valence electrons. The molecule has 1 aromatic rings. The van der Waals surface area contributed by atoms with Crippen LogP contribution in [0.2, 0.25) is 0 Å². The Morgan fingerprint density at radius 1 is 1.25 bits per heavy atom. The Bertz CT molecular complexity index is 780. The second kappa shape index (κ2) is 9.08. The number of aliphatic hydroxyl groups is 1. The summed E-state index contributed by atoms with van der Waals surface area (Å²) < 4.78 is 10.9. The molecule has 2 heterocycles. The van der Waals surface area contributed by atoms with Gasteiger partial charge in [-0.2, -0.15) is 5.26 Å². The van der Waals surface area contributed by atoms with Crippen molar-refractivity contribution in [2.75, 3.05) is 40.4 Å². The molecule has 0 spiro atoms. The van der Waals surface area contributed by atoms with Gasteiger partial charge in [0.25, 0.3) is 0 Å². The van der Waals surface area contributed by atoms with E-state index < -0.39 is 4.93 Å². The molecule has 0 aromatic heterocycles. The Morgan fingerprint density at radius 3 is 2.57 bits per heavy atom. The van der Waals surface area contributed by atoms with Crippen molar-refractivity contribution in [3.8, 4) is 17.6 Å². The second-order valence-electron chi connectivity index (χ2n) is 7.47. The Labute approximate surface area is 171 Å². The van der Waals surface area contributed by atoms with E-state index in [1.165, 1.54) is 31.0 Å². The van der Waals surface area contributed by atoms with Crippen LogP contribution in [0.1, 0.15) is 37.3 Å². The fourth-order valence-corrected chi connectivity index (χ4v) is 4.91. The maximum atomic E-state index is 11.0. The summed E-state index contributed by atoms with van der Waals surface area (Å²) in [5.41, 5.74) is 2.80. The first kappa shape index (κ1) is 20.8. The lowest BCUT2D eigenvalue weighted by Crippen LogP contribution is -2.41. The number of benzene rings is 1. The van der Waals surface area contributed by atoms with Gasteiger partial charge in [0.1, 0.15) is 15.9 Å². The van der Waals surface area contributed by atoms with Crippen LogP contribution in [0.4, 0.5) is 0 Å². The number of piperidine rings is 1. The fraction of sp³-hybridized carbons (Fsp3) is 0.571. The highest BCUT2D eigenvalue weighted by molar-refractivity contribution is 8.04. The quantitative estimate of drug-likeness (QED) is 0.558. The maximum Gasteiger partial charge on any atom is 0.161 e. The van der Waals surface area contributed by atoms with Gasteiger partial charge in [-0.3, -0.25) is 4.90 Å². The third-order valence-corrected chi connectivity index (χ3v) is 6.26. The summed E-state index contributed by atoms with van der Waals surface area (Å²) in [4.78, 5) is 1.74. The average molecular weight is 404 g/mol. The van der Waals surface area contributed by atoms with Crippen molar-refractivity contribution in [2.24, 2.45) is 0 Å². The predicted molar refractivity (Wildman–Crippen MR) is 112 cm³/mol. The van der Waals surface area contributed by atoms with Crippen LogP contribution >= 0.6 is 11.8 Å². The van der Waals surface area contributed by atoms with Crippen molar-refractivity contribution in [2.45, 2.75) is 37.5 Å². The van der Waals surface area contributed by atoms with Gasteiger partial charge in [-0.05, 0) is 57.0 Å². The highest BCUT2D eigenvalue weighted by Gasteiger charge is 2.30. The highest BCUT2D eigenvalue weighted by atomic mass is 32.2. The number of likely N-dealkylation sites (tertiary alicyclic amines) is 1. The number of rotatable bonds is 6. The molecule has 2 aliphatic heterocycles. The summed E-state index contributed by atoms with van der Waals surface area (Å²) in [6.07, 6.45) is 4.44. The first-order valence-electron chi connectivity index (χ1n) is 9.74. The van der Waals surface area contributed by atoms with Gasteiger partial charge in [0.15, 0.2) is 11.5 Å². The van der Waals surface area contributed by atoms with Crippen LogP contribution in [-0.4, -0.2) is 55.3 Å². The van der Waals surface area contributed by atoms with E-state index in [4.69, 9.17) is 9.47 Å². The average Bonchev–Trinajstić information content (AvgIpc) is 2.71. The number of ether oxygens (including phenoxy) is 2. The topological polar surface area (TPSA) is 77.8 Å². The monoisotopic (exact) mass is 403 g/mol. The largest absolute Gasteiger partial charge is 0.493 e. The molecule has 7 heteroatoms. The zero-order chi connectivity index (χ0) is 20.1. The maximum absolute atomic E-state index is 11.0. The van der Waals surface area contributed by atoms with E-state index in [-0.39, 0.29) is 0 Å². The summed E-state index contributed by atoms with van der Waals surface area (Å²) in [7, 11) is 3.23. The number of nitrogens with one attached hydrogen (secondary N) is 1. The number of nitrogens with zero attached hydrogens (tertiary/aromatic N) is 2. The number of allylic oxidation sites excluding steroid dienone is 1. The minimum atomic E-state index is -1.04. The van der Waals surface area contributed by atoms with Gasteiger partial charge in [0.05, 0.1) is 19.9 Å². The van der Waals surface area contributed by atoms with Crippen molar-refractivity contribution >= 4 is 17.5 Å². The molecule has 28 heavy (non-hydrogen) atoms. The molecule has 1 atom stereocenters. The zero-order valence-corrected chi connectivity index (χ0v) is 17.7. The van der Waals surface area contributed by atoms with Crippen LogP contribution in [0.15, 0.2) is 17.0 Å². The van der Waals surface area contributed by atoms with Gasteiger partial charge < -0.3 is 19.9 Å². The number of hydrogen-bond acceptors (Lipinski definition) is 7. The van der Waals surface area contributed by atoms with Crippen molar-refractivity contribution < 1.29 is 14.6 Å². The molecular formula is C21H29N3O3S. The number of β-amino-alcohol motifs (C(OH)–C–C–N with tert-alkyl or cyclic N) is 1. The van der Waals surface area contributed by atoms with E-state index in [1.807, 2.05) is 12.1 Å². The van der Waals surface area contributed by atoms with Crippen LogP contribution in [0.25, 0.3) is 5.70 Å². The Morgan fingerprint density at radius 2 is 1.93 bits per heavy atom. The first-order valence-corrected chi connectivity index (χ1v) is 10.6. The third-order valence-electron chi connectivity index (χ3n) is 5.19. The molecule has 2 N–H and O–H groups in total. The van der Waals surface area contributed by atoms with Crippen LogP contribution in [0.5, 0.6) is 11.5 Å². The molecule has 6 nitrogen and oxygen atoms in total. The molecule has 3 rings (SSSR count). The number of thioether (sulfide) groups is 1. The number of fused-ring (bicyclic) bond motifs is 1. The lowest BCUT2D eigenvalue weighted by molar-refractivity contribution is 0.0885. The SMILES string of the molecule is COc1cc2c(cc1OC)C(=C(C#N)SC(C)(O)CN1CCCCC1)NCC2. The molecule has 0 bridgehead atoms. The Kier molecular flexibility index (Phi) is 6.76. The van der Waals surface area contributed by atoms with Crippen LogP contribution < -0.4 is 14.8 Å². The molecule has 1 unspecified atom stereocenters. The number of hydrogen-bond donors (Lipinski definition) is 2. The van der Waals surface area contributed by atoms with Crippen LogP contribution in [0.3, 0.4) is 0 Å². The molecule has 1 aromatic carbocycles. The third kappa shape index (κ3) is 4.75. The van der Waals surface area contributed by atoms with Gasteiger partial charge in [-0.15, -0.1) is 0 Å². The number of methoxy groups -OCH3 is 2. The van der Waals surface area contributed by atoms with Gasteiger partial charge in [0.2, 0.25) is 0 Å². The summed E-state index contributed by atoms with van der Waals surface area (Å²) in [5.74, 6) is 1.32. The van der Waals surface area contributed by atoms with Gasteiger partial charge >= 0.3 is 0 Å². The van der Waals surface area contributed by atoms with Crippen molar-refractivity contribution in [3.63, 3.8) is 0 Å². The van der Waals surface area contributed by atoms with E-state index in [1.54, 1.807) is 21.1 Å². The van der Waals surface area contributed by atoms with Gasteiger partial charge in [-0.25, -0.2) is 0 Å². The normalized spacial score (nSPS) is 21.0. The van der Waals surface area contributed by atoms with E-state index in [2.05, 4.69) is 16.3 Å². The zero-order valence-electron chi connectivity index (χ0n) is 16.9. The standard InChI is InChI=1S/C21H29N3O3S/c1-21(25,14-24-9-5-4-6-10-24)28-19(13-22)20-16-12-18(27-3)17(26-2)11-15(16)7-8-23-20/h11-12,23,25H,4-10,14H2,1-3H3. The van der Waals surface area contributed by atoms with Gasteiger partial charge in [-0.1, -0.05) is 18.2 Å². The molecule has 1 saturated heterocycles. The smallest absolute Gasteiger partial charge is 0.161 e. The van der Waals surface area contributed by atoms with Crippen molar-refractivity contribution in [1.29, 1.82) is 5.26 Å². The summed E-state index contributed by atoms with van der Waals surface area (Å²) in [6.45, 7) is 5.09. The van der Waals surface area contributed by atoms with Crippen molar-refractivity contribution in [1.82, 2.24) is 10.2 Å². The highest BCUT2D eigenvalue weighted by Crippen LogP contribution is 2.40. The van der Waals surface area contributed by atoms with E-state index in [0.29, 0.717) is 22.9 Å². The Balaban J connectivity index is 1.89. The molecule has 0 amide bonds. The van der Waals surface area contributed by atoms with Gasteiger partial charge in [0, 0.05) is 18.7 Å². The molecular weight excluding hydrogens is 374 g/mol. The Hall–Kier alpha value is -1.88. The van der Waals surface area contributed by atoms with Crippen LogP contribution in [0, 0.1) is 11.3 Å². The second-order valence-corrected chi connectivity index (χ2v) is 8.96. The van der Waals surface area contributed by atoms with Crippen LogP contribution in [-0.2, 0) is 6.42 Å². The van der Waals surface area contributed by atoms with E-state index in [0.717, 1.165) is 42.9 Å². The molecule has 0 radical (unpaired) electrons. The first-order chi connectivity index (χ1) is 13.5. The van der Waals surface area contributed by atoms with E-state index in [9.17, 15) is 10.4 Å². The molecule has 0 aliphatic carbocycles. The predicted octanol–water partition coefficient (Wildman–Crippen LogP) is 2.97. The summed E-state index contributed by atoms with van der Waals surface area (Å²) in [6, 6.07) is 6.18. The fourth-order valence-electron chi connectivity index (χ4n) is 3.89. The molecule has 1 fully saturated rings. The summed E-state index contributed by atoms with van der Waals surface area (Å²) in [5, 5.41) is 24.2. The number of nitriles is 1. The lowest BCUT2D eigenvalue weighted by Gasteiger charge is -2.34. The molecule has 2 aliphatic rings. The molecule has 0 saturated carbocycles. The van der Waals surface area contributed by atoms with Crippen molar-refractivity contribution in [3.05, 3.63) is 28.2 Å². The lowest BCUT2D eigenvalue weighted by atomic mass is 9.97. The summed E-state index contributed by atoms with van der Waals surface area (Å²) >= 11 is 1.23. The minimum absolute atomic E-state index is 0.496. The minimum Gasteiger partial charge on any atom is -0.493 e.